The molecular weight excluding hydrogens is 427 g/mol. The largest absolute Gasteiger partial charge is 0.480 e. The average molecular weight is 445 g/mol. The van der Waals surface area contributed by atoms with Crippen LogP contribution >= 0.6 is 23.2 Å². The van der Waals surface area contributed by atoms with E-state index in [1.165, 1.54) is 0 Å². The van der Waals surface area contributed by atoms with Crippen molar-refractivity contribution in [2.45, 2.75) is 0 Å². The first kappa shape index (κ1) is 21.5. The summed E-state index contributed by atoms with van der Waals surface area (Å²) in [6.45, 7) is -0.445. The maximum Gasteiger partial charge on any atom is 0.262 e. The summed E-state index contributed by atoms with van der Waals surface area (Å²) in [5.74, 6) is 0.0197. The smallest absolute Gasteiger partial charge is 0.262 e. The van der Waals surface area contributed by atoms with E-state index in [-0.39, 0.29) is 25.0 Å². The van der Waals surface area contributed by atoms with Gasteiger partial charge in [0.2, 0.25) is 0 Å². The van der Waals surface area contributed by atoms with E-state index in [0.29, 0.717) is 32.9 Å². The van der Waals surface area contributed by atoms with Crippen LogP contribution in [-0.2, 0) is 9.59 Å². The van der Waals surface area contributed by atoms with Gasteiger partial charge in [-0.25, -0.2) is 0 Å². The third kappa shape index (κ3) is 6.69. The lowest BCUT2D eigenvalue weighted by molar-refractivity contribution is -0.119. The summed E-state index contributed by atoms with van der Waals surface area (Å²) in [5.41, 5.74) is 1.22. The average Bonchev–Trinajstić information content (AvgIpc) is 2.74. The second-order valence-corrected chi connectivity index (χ2v) is 7.01. The van der Waals surface area contributed by atoms with Crippen LogP contribution in [0.3, 0.4) is 0 Å². The van der Waals surface area contributed by atoms with Gasteiger partial charge in [-0.15, -0.1) is 0 Å². The molecule has 0 aliphatic heterocycles. The van der Waals surface area contributed by atoms with E-state index in [2.05, 4.69) is 10.6 Å². The molecular formula is C22H18Cl2N2O4. The highest BCUT2D eigenvalue weighted by Gasteiger charge is 2.10. The maximum absolute atomic E-state index is 12.1. The number of hydrogen-bond acceptors (Lipinski definition) is 4. The van der Waals surface area contributed by atoms with E-state index in [1.54, 1.807) is 72.8 Å². The fourth-order valence-corrected chi connectivity index (χ4v) is 2.69. The molecule has 30 heavy (non-hydrogen) atoms. The molecule has 0 spiro atoms. The second kappa shape index (κ2) is 10.5. The summed E-state index contributed by atoms with van der Waals surface area (Å²) in [6, 6.07) is 20.3. The Kier molecular flexibility index (Phi) is 7.54. The summed E-state index contributed by atoms with van der Waals surface area (Å²) in [7, 11) is 0. The standard InChI is InChI=1S/C22H18Cl2N2O4/c23-15-5-9-17(10-6-15)25-21(27)13-29-19-3-1-2-4-20(19)30-14-22(28)26-18-11-7-16(24)8-12-18/h1-12H,13-14H2,(H,25,27)(H,26,28). The molecule has 6 nitrogen and oxygen atoms in total. The van der Waals surface area contributed by atoms with Gasteiger partial charge in [0.15, 0.2) is 24.7 Å². The van der Waals surface area contributed by atoms with Crippen LogP contribution in [0.5, 0.6) is 11.5 Å². The van der Waals surface area contributed by atoms with Gasteiger partial charge in [-0.05, 0) is 60.7 Å². The van der Waals surface area contributed by atoms with Crippen LogP contribution in [-0.4, -0.2) is 25.0 Å². The van der Waals surface area contributed by atoms with Crippen molar-refractivity contribution in [1.29, 1.82) is 0 Å². The summed E-state index contributed by atoms with van der Waals surface area (Å²) in [5, 5.41) is 6.57. The monoisotopic (exact) mass is 444 g/mol. The predicted molar refractivity (Wildman–Crippen MR) is 118 cm³/mol. The summed E-state index contributed by atoms with van der Waals surface area (Å²) < 4.78 is 11.1. The predicted octanol–water partition coefficient (Wildman–Crippen LogP) is 5.03. The molecule has 0 saturated heterocycles. The number of benzene rings is 3. The van der Waals surface area contributed by atoms with Gasteiger partial charge in [-0.1, -0.05) is 35.3 Å². The quantitative estimate of drug-likeness (QED) is 0.510. The lowest BCUT2D eigenvalue weighted by Crippen LogP contribution is -2.22. The molecule has 3 aromatic rings. The van der Waals surface area contributed by atoms with Crippen LogP contribution in [0.15, 0.2) is 72.8 Å². The second-order valence-electron chi connectivity index (χ2n) is 6.13. The highest BCUT2D eigenvalue weighted by atomic mass is 35.5. The van der Waals surface area contributed by atoms with Crippen molar-refractivity contribution in [1.82, 2.24) is 0 Å². The van der Waals surface area contributed by atoms with Crippen LogP contribution < -0.4 is 20.1 Å². The van der Waals surface area contributed by atoms with Gasteiger partial charge in [-0.3, -0.25) is 9.59 Å². The lowest BCUT2D eigenvalue weighted by Gasteiger charge is -2.13. The summed E-state index contributed by atoms with van der Waals surface area (Å²) in [6.07, 6.45) is 0. The Balaban J connectivity index is 1.51. The zero-order valence-corrected chi connectivity index (χ0v) is 17.2. The van der Waals surface area contributed by atoms with Gasteiger partial charge in [-0.2, -0.15) is 0 Å². The van der Waals surface area contributed by atoms with Crippen LogP contribution in [0.1, 0.15) is 0 Å². The van der Waals surface area contributed by atoms with Gasteiger partial charge in [0.05, 0.1) is 0 Å². The first-order valence-corrected chi connectivity index (χ1v) is 9.70. The molecule has 0 fully saturated rings. The summed E-state index contributed by atoms with van der Waals surface area (Å²) in [4.78, 5) is 24.2. The van der Waals surface area contributed by atoms with E-state index < -0.39 is 0 Å². The van der Waals surface area contributed by atoms with Crippen molar-refractivity contribution in [2.24, 2.45) is 0 Å². The molecule has 154 valence electrons. The van der Waals surface area contributed by atoms with Gasteiger partial charge in [0, 0.05) is 21.4 Å². The Morgan fingerprint density at radius 1 is 0.633 bits per heavy atom. The topological polar surface area (TPSA) is 76.7 Å². The van der Waals surface area contributed by atoms with Crippen molar-refractivity contribution in [3.63, 3.8) is 0 Å². The lowest BCUT2D eigenvalue weighted by atomic mass is 10.3. The zero-order valence-electron chi connectivity index (χ0n) is 15.7. The SMILES string of the molecule is O=C(COc1ccccc1OCC(=O)Nc1ccc(Cl)cc1)Nc1ccc(Cl)cc1. The van der Waals surface area contributed by atoms with Gasteiger partial charge < -0.3 is 20.1 Å². The van der Waals surface area contributed by atoms with E-state index in [0.717, 1.165) is 0 Å². The molecule has 8 heteroatoms. The molecule has 2 N–H and O–H groups in total. The number of carbonyl (C=O) groups excluding carboxylic acids is 2. The first-order valence-electron chi connectivity index (χ1n) is 8.95. The van der Waals surface area contributed by atoms with Crippen molar-refractivity contribution in [3.05, 3.63) is 82.8 Å². The van der Waals surface area contributed by atoms with E-state index >= 15 is 0 Å². The minimum atomic E-state index is -0.340. The molecule has 0 aliphatic rings. The molecule has 0 saturated carbocycles. The van der Waals surface area contributed by atoms with E-state index in [4.69, 9.17) is 32.7 Å². The Bertz CT molecular complexity index is 926. The van der Waals surface area contributed by atoms with Crippen LogP contribution in [0, 0.1) is 0 Å². The Hall–Kier alpha value is -3.22. The Morgan fingerprint density at radius 2 is 1.00 bits per heavy atom. The molecule has 0 heterocycles. The molecule has 0 bridgehead atoms. The van der Waals surface area contributed by atoms with Crippen molar-refractivity contribution >= 4 is 46.4 Å². The number of ether oxygens (including phenoxy) is 2. The number of nitrogens with one attached hydrogen (secondary N) is 2. The third-order valence-electron chi connectivity index (χ3n) is 3.82. The Labute approximate surface area is 183 Å². The normalized spacial score (nSPS) is 10.2. The van der Waals surface area contributed by atoms with Crippen molar-refractivity contribution < 1.29 is 19.1 Å². The number of hydrogen-bond donors (Lipinski definition) is 2. The van der Waals surface area contributed by atoms with Crippen LogP contribution in [0.2, 0.25) is 10.0 Å². The zero-order chi connectivity index (χ0) is 21.3. The molecule has 0 radical (unpaired) electrons. The van der Waals surface area contributed by atoms with Crippen LogP contribution in [0.4, 0.5) is 11.4 Å². The molecule has 0 aliphatic carbocycles. The van der Waals surface area contributed by atoms with Crippen LogP contribution in [0.25, 0.3) is 0 Å². The van der Waals surface area contributed by atoms with E-state index in [9.17, 15) is 9.59 Å². The molecule has 3 rings (SSSR count). The van der Waals surface area contributed by atoms with Gasteiger partial charge in [0.25, 0.3) is 11.8 Å². The van der Waals surface area contributed by atoms with E-state index in [1.807, 2.05) is 0 Å². The minimum Gasteiger partial charge on any atom is -0.480 e. The molecule has 2 amide bonds. The molecule has 0 aromatic heterocycles. The molecule has 3 aromatic carbocycles. The maximum atomic E-state index is 12.1. The van der Waals surface area contributed by atoms with Gasteiger partial charge >= 0.3 is 0 Å². The van der Waals surface area contributed by atoms with Gasteiger partial charge in [0.1, 0.15) is 0 Å². The Morgan fingerprint density at radius 3 is 1.37 bits per heavy atom. The number of rotatable bonds is 8. The van der Waals surface area contributed by atoms with Crippen molar-refractivity contribution in [3.8, 4) is 11.5 Å². The molecule has 0 atom stereocenters. The highest BCUT2D eigenvalue weighted by molar-refractivity contribution is 6.31. The fourth-order valence-electron chi connectivity index (χ4n) is 2.44. The van der Waals surface area contributed by atoms with Crippen molar-refractivity contribution in [2.75, 3.05) is 23.8 Å². The number of amides is 2. The summed E-state index contributed by atoms with van der Waals surface area (Å²) >= 11 is 11.7. The number of anilines is 2. The molecule has 0 unspecified atom stereocenters. The third-order valence-corrected chi connectivity index (χ3v) is 4.33. The highest BCUT2D eigenvalue weighted by Crippen LogP contribution is 2.26. The number of carbonyl (C=O) groups is 2. The fraction of sp³-hybridized carbons (Fsp3) is 0.0909. The number of halogens is 2. The minimum absolute atomic E-state index is 0.222. The number of para-hydroxylation sites is 2. The first-order chi connectivity index (χ1) is 14.5.